The number of likely N-dealkylation sites (tertiary alicyclic amines) is 2. The number of hydrogen-bond acceptors (Lipinski definition) is 3. The average molecular weight is 373 g/mol. The van der Waals surface area contributed by atoms with Gasteiger partial charge in [0.2, 0.25) is 11.8 Å². The standard InChI is InChI=1S/C21H28FN3O2/c22-17-6-4-16(5-7-17)19(24-10-2-1-3-11-24)20(27)25-12-8-21(9-13-25)14-18(26)23-15-21/h4-7,19H,1-3,8-15H2,(H,23,26)/t19-/m0/s1. The number of piperidine rings is 2. The average Bonchev–Trinajstić information content (AvgIpc) is 3.05. The smallest absolute Gasteiger partial charge is 0.244 e. The van der Waals surface area contributed by atoms with Gasteiger partial charge in [0, 0.05) is 26.1 Å². The van der Waals surface area contributed by atoms with Crippen LogP contribution in [-0.4, -0.2) is 54.3 Å². The van der Waals surface area contributed by atoms with Crippen molar-refractivity contribution in [3.05, 3.63) is 35.6 Å². The zero-order chi connectivity index (χ0) is 18.9. The highest BCUT2D eigenvalue weighted by molar-refractivity contribution is 5.84. The maximum Gasteiger partial charge on any atom is 0.244 e. The molecule has 4 rings (SSSR count). The highest BCUT2D eigenvalue weighted by atomic mass is 19.1. The van der Waals surface area contributed by atoms with E-state index in [9.17, 15) is 14.0 Å². The van der Waals surface area contributed by atoms with Crippen LogP contribution < -0.4 is 5.32 Å². The molecule has 1 atom stereocenters. The summed E-state index contributed by atoms with van der Waals surface area (Å²) in [5.74, 6) is -0.0233. The number of amides is 2. The summed E-state index contributed by atoms with van der Waals surface area (Å²) in [5.41, 5.74) is 0.908. The Labute approximate surface area is 159 Å². The van der Waals surface area contributed by atoms with Crippen molar-refractivity contribution in [2.75, 3.05) is 32.7 Å². The molecule has 3 aliphatic rings. The van der Waals surface area contributed by atoms with Gasteiger partial charge in [0.05, 0.1) is 0 Å². The number of nitrogens with one attached hydrogen (secondary N) is 1. The molecular weight excluding hydrogens is 345 g/mol. The molecule has 146 valence electrons. The Morgan fingerprint density at radius 3 is 2.30 bits per heavy atom. The van der Waals surface area contributed by atoms with E-state index in [1.807, 2.05) is 4.90 Å². The quantitative estimate of drug-likeness (QED) is 0.886. The van der Waals surface area contributed by atoms with E-state index in [1.54, 1.807) is 12.1 Å². The molecule has 1 aromatic rings. The third-order valence-electron chi connectivity index (χ3n) is 6.51. The predicted molar refractivity (Wildman–Crippen MR) is 100 cm³/mol. The second-order valence-corrected chi connectivity index (χ2v) is 8.33. The zero-order valence-corrected chi connectivity index (χ0v) is 15.8. The van der Waals surface area contributed by atoms with Gasteiger partial charge in [-0.15, -0.1) is 0 Å². The van der Waals surface area contributed by atoms with Gasteiger partial charge in [-0.05, 0) is 61.9 Å². The molecule has 1 aromatic carbocycles. The number of carbonyl (C=O) groups excluding carboxylic acids is 2. The van der Waals surface area contributed by atoms with Crippen LogP contribution in [0.2, 0.25) is 0 Å². The molecule has 3 saturated heterocycles. The van der Waals surface area contributed by atoms with E-state index in [4.69, 9.17) is 0 Å². The fourth-order valence-electron chi connectivity index (χ4n) is 4.81. The summed E-state index contributed by atoms with van der Waals surface area (Å²) in [7, 11) is 0. The van der Waals surface area contributed by atoms with Crippen LogP contribution >= 0.6 is 0 Å². The van der Waals surface area contributed by atoms with E-state index in [-0.39, 0.29) is 29.1 Å². The largest absolute Gasteiger partial charge is 0.356 e. The van der Waals surface area contributed by atoms with Crippen molar-refractivity contribution in [1.82, 2.24) is 15.1 Å². The van der Waals surface area contributed by atoms with Crippen molar-refractivity contribution in [1.29, 1.82) is 0 Å². The van der Waals surface area contributed by atoms with E-state index >= 15 is 0 Å². The molecule has 3 fully saturated rings. The van der Waals surface area contributed by atoms with Gasteiger partial charge < -0.3 is 10.2 Å². The lowest BCUT2D eigenvalue weighted by molar-refractivity contribution is -0.140. The molecule has 0 aromatic heterocycles. The summed E-state index contributed by atoms with van der Waals surface area (Å²) in [5, 5.41) is 2.94. The van der Waals surface area contributed by atoms with Crippen LogP contribution in [0.25, 0.3) is 0 Å². The third-order valence-corrected chi connectivity index (χ3v) is 6.51. The van der Waals surface area contributed by atoms with Gasteiger partial charge in [0.15, 0.2) is 0 Å². The number of halogens is 1. The molecule has 6 heteroatoms. The van der Waals surface area contributed by atoms with Gasteiger partial charge in [-0.3, -0.25) is 14.5 Å². The number of carbonyl (C=O) groups is 2. The van der Waals surface area contributed by atoms with Crippen LogP contribution in [0.5, 0.6) is 0 Å². The molecule has 0 radical (unpaired) electrons. The summed E-state index contributed by atoms with van der Waals surface area (Å²) in [6.07, 6.45) is 5.72. The van der Waals surface area contributed by atoms with Crippen molar-refractivity contribution in [3.63, 3.8) is 0 Å². The van der Waals surface area contributed by atoms with E-state index in [1.165, 1.54) is 18.6 Å². The molecule has 1 spiro atoms. The lowest BCUT2D eigenvalue weighted by Gasteiger charge is -2.42. The Morgan fingerprint density at radius 2 is 1.70 bits per heavy atom. The molecule has 3 aliphatic heterocycles. The third kappa shape index (κ3) is 3.86. The van der Waals surface area contributed by atoms with Crippen LogP contribution in [0, 0.1) is 11.2 Å². The van der Waals surface area contributed by atoms with Gasteiger partial charge in [-0.2, -0.15) is 0 Å². The maximum absolute atomic E-state index is 13.5. The summed E-state index contributed by atoms with van der Waals surface area (Å²) >= 11 is 0. The van der Waals surface area contributed by atoms with Gasteiger partial charge in [0.25, 0.3) is 0 Å². The first-order valence-electron chi connectivity index (χ1n) is 10.1. The number of nitrogens with zero attached hydrogens (tertiary/aromatic N) is 2. The molecule has 0 bridgehead atoms. The van der Waals surface area contributed by atoms with Crippen LogP contribution in [-0.2, 0) is 9.59 Å². The molecule has 1 N–H and O–H groups in total. The van der Waals surface area contributed by atoms with Crippen LogP contribution in [0.15, 0.2) is 24.3 Å². The number of hydrogen-bond donors (Lipinski definition) is 1. The van der Waals surface area contributed by atoms with Gasteiger partial charge in [0.1, 0.15) is 11.9 Å². The molecule has 0 saturated carbocycles. The lowest BCUT2D eigenvalue weighted by Crippen LogP contribution is -2.49. The van der Waals surface area contributed by atoms with E-state index < -0.39 is 0 Å². The van der Waals surface area contributed by atoms with Crippen molar-refractivity contribution >= 4 is 11.8 Å². The molecule has 2 amide bonds. The van der Waals surface area contributed by atoms with Gasteiger partial charge in [-0.25, -0.2) is 4.39 Å². The minimum atomic E-state index is -0.330. The molecule has 27 heavy (non-hydrogen) atoms. The first kappa shape index (κ1) is 18.4. The highest BCUT2D eigenvalue weighted by Crippen LogP contribution is 2.38. The highest BCUT2D eigenvalue weighted by Gasteiger charge is 2.43. The lowest BCUT2D eigenvalue weighted by atomic mass is 9.77. The SMILES string of the molecule is O=C1CC2(CCN(C(=O)[C@H](c3ccc(F)cc3)N3CCCCC3)CC2)CN1. The minimum Gasteiger partial charge on any atom is -0.356 e. The Morgan fingerprint density at radius 1 is 1.04 bits per heavy atom. The van der Waals surface area contributed by atoms with Crippen LogP contribution in [0.4, 0.5) is 4.39 Å². The van der Waals surface area contributed by atoms with Gasteiger partial charge >= 0.3 is 0 Å². The van der Waals surface area contributed by atoms with E-state index in [0.29, 0.717) is 19.5 Å². The molecular formula is C21H28FN3O2. The Hall–Kier alpha value is -1.95. The molecule has 3 heterocycles. The van der Waals surface area contributed by atoms with Crippen molar-refractivity contribution in [3.8, 4) is 0 Å². The Bertz CT molecular complexity index is 692. The predicted octanol–water partition coefficient (Wildman–Crippen LogP) is 2.48. The summed E-state index contributed by atoms with van der Waals surface area (Å²) in [4.78, 5) is 29.3. The number of rotatable bonds is 3. The first-order valence-corrected chi connectivity index (χ1v) is 10.1. The normalized spacial score (nSPS) is 24.0. The molecule has 5 nitrogen and oxygen atoms in total. The zero-order valence-electron chi connectivity index (χ0n) is 15.8. The van der Waals surface area contributed by atoms with E-state index in [2.05, 4.69) is 10.2 Å². The summed E-state index contributed by atoms with van der Waals surface area (Å²) in [6, 6.07) is 6.05. The molecule has 0 aliphatic carbocycles. The fraction of sp³-hybridized carbons (Fsp3) is 0.619. The minimum absolute atomic E-state index is 0.0321. The topological polar surface area (TPSA) is 52.7 Å². The van der Waals surface area contributed by atoms with Crippen LogP contribution in [0.1, 0.15) is 50.1 Å². The van der Waals surface area contributed by atoms with E-state index in [0.717, 1.165) is 50.9 Å². The summed E-state index contributed by atoms with van der Waals surface area (Å²) < 4.78 is 13.4. The number of benzene rings is 1. The second-order valence-electron chi connectivity index (χ2n) is 8.33. The first-order chi connectivity index (χ1) is 13.1. The van der Waals surface area contributed by atoms with Crippen molar-refractivity contribution in [2.45, 2.75) is 44.6 Å². The fourth-order valence-corrected chi connectivity index (χ4v) is 4.81. The maximum atomic E-state index is 13.5. The van der Waals surface area contributed by atoms with Crippen molar-refractivity contribution in [2.24, 2.45) is 5.41 Å². The Kier molecular flexibility index (Phi) is 5.17. The second kappa shape index (κ2) is 7.58. The monoisotopic (exact) mass is 373 g/mol. The molecule has 0 unspecified atom stereocenters. The van der Waals surface area contributed by atoms with Gasteiger partial charge in [-0.1, -0.05) is 18.6 Å². The van der Waals surface area contributed by atoms with Crippen molar-refractivity contribution < 1.29 is 14.0 Å². The summed E-state index contributed by atoms with van der Waals surface area (Å²) in [6.45, 7) is 3.94. The van der Waals surface area contributed by atoms with Crippen LogP contribution in [0.3, 0.4) is 0 Å². The Balaban J connectivity index is 1.50.